The number of nitrogens with zero attached hydrogens (tertiary/aromatic N) is 3. The average Bonchev–Trinajstić information content (AvgIpc) is 3.48. The number of anilines is 1. The van der Waals surface area contributed by atoms with E-state index < -0.39 is 33.4 Å². The molecule has 1 N–H and O–H groups in total. The SMILES string of the molecule is CC(C(=O)NC1CCCC1)N(Cc1ccc(Br)cc1)C(=O)CN(c1ccc([N+](=O)[O-])cc1)S(=O)(=O)c1ccccc1. The van der Waals surface area contributed by atoms with Gasteiger partial charge in [-0.3, -0.25) is 24.0 Å². The molecule has 0 aliphatic heterocycles. The fraction of sp³-hybridized carbons (Fsp3) is 0.310. The van der Waals surface area contributed by atoms with Gasteiger partial charge in [-0.05, 0) is 61.7 Å². The van der Waals surface area contributed by atoms with Crippen LogP contribution >= 0.6 is 15.9 Å². The van der Waals surface area contributed by atoms with Crippen molar-refractivity contribution in [1.82, 2.24) is 10.2 Å². The van der Waals surface area contributed by atoms with Gasteiger partial charge in [-0.15, -0.1) is 0 Å². The summed E-state index contributed by atoms with van der Waals surface area (Å²) >= 11 is 3.40. The third-order valence-corrected chi connectivity index (χ3v) is 9.41. The molecule has 2 amide bonds. The van der Waals surface area contributed by atoms with E-state index in [-0.39, 0.29) is 34.8 Å². The number of nitrogens with one attached hydrogen (secondary N) is 1. The molecule has 1 fully saturated rings. The molecule has 12 heteroatoms. The molecule has 4 rings (SSSR count). The van der Waals surface area contributed by atoms with Gasteiger partial charge < -0.3 is 10.2 Å². The van der Waals surface area contributed by atoms with Crippen LogP contribution in [0.3, 0.4) is 0 Å². The van der Waals surface area contributed by atoms with Gasteiger partial charge >= 0.3 is 0 Å². The molecule has 1 unspecified atom stereocenters. The minimum atomic E-state index is -4.25. The molecule has 216 valence electrons. The van der Waals surface area contributed by atoms with Crippen LogP contribution < -0.4 is 9.62 Å². The topological polar surface area (TPSA) is 130 Å². The predicted molar refractivity (Wildman–Crippen MR) is 159 cm³/mol. The number of benzene rings is 3. The maximum Gasteiger partial charge on any atom is 0.269 e. The molecule has 1 aliphatic rings. The number of carbonyl (C=O) groups excluding carboxylic acids is 2. The van der Waals surface area contributed by atoms with Crippen LogP contribution in [0.15, 0.2) is 88.2 Å². The number of carbonyl (C=O) groups is 2. The van der Waals surface area contributed by atoms with E-state index in [1.807, 2.05) is 24.3 Å². The second kappa shape index (κ2) is 13.3. The summed E-state index contributed by atoms with van der Waals surface area (Å²) < 4.78 is 29.3. The van der Waals surface area contributed by atoms with Gasteiger partial charge in [0.1, 0.15) is 12.6 Å². The molecule has 0 saturated heterocycles. The van der Waals surface area contributed by atoms with E-state index in [1.54, 1.807) is 25.1 Å². The molecule has 0 heterocycles. The van der Waals surface area contributed by atoms with Crippen molar-refractivity contribution in [3.63, 3.8) is 0 Å². The van der Waals surface area contributed by atoms with Gasteiger partial charge in [-0.1, -0.05) is 59.1 Å². The van der Waals surface area contributed by atoms with Crippen molar-refractivity contribution in [1.29, 1.82) is 0 Å². The second-order valence-electron chi connectivity index (χ2n) is 9.91. The van der Waals surface area contributed by atoms with Gasteiger partial charge in [0.05, 0.1) is 15.5 Å². The Balaban J connectivity index is 1.68. The number of halogens is 1. The van der Waals surface area contributed by atoms with E-state index in [0.29, 0.717) is 0 Å². The van der Waals surface area contributed by atoms with Gasteiger partial charge in [0.15, 0.2) is 0 Å². The molecular formula is C29H31BrN4O6S. The van der Waals surface area contributed by atoms with E-state index in [1.165, 1.54) is 41.3 Å². The summed E-state index contributed by atoms with van der Waals surface area (Å²) in [4.78, 5) is 39.1. The number of hydrogen-bond acceptors (Lipinski definition) is 6. The summed E-state index contributed by atoms with van der Waals surface area (Å²) in [7, 11) is -4.25. The molecule has 0 radical (unpaired) electrons. The van der Waals surface area contributed by atoms with E-state index in [9.17, 15) is 28.1 Å². The largest absolute Gasteiger partial charge is 0.352 e. The fourth-order valence-corrected chi connectivity index (χ4v) is 6.45. The maximum atomic E-state index is 14.0. The Kier molecular flexibility index (Phi) is 9.77. The molecule has 1 atom stereocenters. The number of hydrogen-bond donors (Lipinski definition) is 1. The summed E-state index contributed by atoms with van der Waals surface area (Å²) in [5, 5.41) is 14.2. The Morgan fingerprint density at radius 1 is 1.00 bits per heavy atom. The highest BCUT2D eigenvalue weighted by Gasteiger charge is 2.33. The monoisotopic (exact) mass is 642 g/mol. The highest BCUT2D eigenvalue weighted by atomic mass is 79.9. The fourth-order valence-electron chi connectivity index (χ4n) is 4.75. The molecule has 3 aromatic carbocycles. The van der Waals surface area contributed by atoms with Crippen molar-refractivity contribution in [3.8, 4) is 0 Å². The first-order valence-corrected chi connectivity index (χ1v) is 15.5. The number of rotatable bonds is 11. The van der Waals surface area contributed by atoms with E-state index in [2.05, 4.69) is 21.2 Å². The number of non-ortho nitro benzene ring substituents is 1. The van der Waals surface area contributed by atoms with Crippen molar-refractivity contribution in [2.24, 2.45) is 0 Å². The van der Waals surface area contributed by atoms with Crippen molar-refractivity contribution in [2.45, 2.75) is 56.1 Å². The van der Waals surface area contributed by atoms with E-state index in [4.69, 9.17) is 0 Å². The summed E-state index contributed by atoms with van der Waals surface area (Å²) in [5.41, 5.74) is 0.625. The lowest BCUT2D eigenvalue weighted by atomic mass is 10.1. The summed E-state index contributed by atoms with van der Waals surface area (Å²) in [6.07, 6.45) is 3.82. The van der Waals surface area contributed by atoms with Crippen molar-refractivity contribution in [2.75, 3.05) is 10.8 Å². The first-order valence-electron chi connectivity index (χ1n) is 13.2. The second-order valence-corrected chi connectivity index (χ2v) is 12.7. The first-order chi connectivity index (χ1) is 19.6. The molecule has 1 saturated carbocycles. The Hall–Kier alpha value is -3.77. The van der Waals surface area contributed by atoms with Crippen LogP contribution in [0, 0.1) is 10.1 Å². The van der Waals surface area contributed by atoms with E-state index >= 15 is 0 Å². The normalized spacial score (nSPS) is 14.3. The zero-order valence-corrected chi connectivity index (χ0v) is 24.9. The highest BCUT2D eigenvalue weighted by Crippen LogP contribution is 2.27. The standard InChI is InChI=1S/C29H31BrN4O6S/c1-21(29(36)31-24-7-5-6-8-24)32(19-22-11-13-23(30)14-12-22)28(35)20-33(25-15-17-26(18-16-25)34(37)38)41(39,40)27-9-3-2-4-10-27/h2-4,9-18,21,24H,5-8,19-20H2,1H3,(H,31,36). The third-order valence-electron chi connectivity index (χ3n) is 7.09. The highest BCUT2D eigenvalue weighted by molar-refractivity contribution is 9.10. The number of amides is 2. The molecule has 10 nitrogen and oxygen atoms in total. The number of nitro groups is 1. The van der Waals surface area contributed by atoms with Gasteiger partial charge in [-0.25, -0.2) is 8.42 Å². The predicted octanol–water partition coefficient (Wildman–Crippen LogP) is 5.03. The molecule has 0 bridgehead atoms. The molecule has 1 aliphatic carbocycles. The Morgan fingerprint density at radius 3 is 2.20 bits per heavy atom. The van der Waals surface area contributed by atoms with Crippen molar-refractivity contribution < 1.29 is 22.9 Å². The first kappa shape index (κ1) is 30.2. The summed E-state index contributed by atoms with van der Waals surface area (Å²) in [5.74, 6) is -0.907. The minimum Gasteiger partial charge on any atom is -0.352 e. The van der Waals surface area contributed by atoms with Gasteiger partial charge in [0.25, 0.3) is 15.7 Å². The smallest absolute Gasteiger partial charge is 0.269 e. The molecule has 0 aromatic heterocycles. The quantitative estimate of drug-likeness (QED) is 0.231. The lowest BCUT2D eigenvalue weighted by Gasteiger charge is -2.32. The van der Waals surface area contributed by atoms with Crippen LogP contribution in [0.4, 0.5) is 11.4 Å². The Morgan fingerprint density at radius 2 is 1.61 bits per heavy atom. The zero-order chi connectivity index (χ0) is 29.6. The van der Waals surface area contributed by atoms with Crippen LogP contribution in [-0.4, -0.2) is 48.7 Å². The Labute approximate surface area is 247 Å². The van der Waals surface area contributed by atoms with Crippen molar-refractivity contribution >= 4 is 49.1 Å². The van der Waals surface area contributed by atoms with Crippen molar-refractivity contribution in [3.05, 3.63) is 99.0 Å². The number of sulfonamides is 1. The van der Waals surface area contributed by atoms with Crippen LogP contribution in [0.1, 0.15) is 38.2 Å². The molecule has 3 aromatic rings. The van der Waals surface area contributed by atoms with Gasteiger partial charge in [0, 0.05) is 29.2 Å². The number of nitro benzene ring substituents is 1. The summed E-state index contributed by atoms with van der Waals surface area (Å²) in [6.45, 7) is 1.08. The minimum absolute atomic E-state index is 0.0439. The molecule has 41 heavy (non-hydrogen) atoms. The average molecular weight is 644 g/mol. The van der Waals surface area contributed by atoms with Gasteiger partial charge in [-0.2, -0.15) is 0 Å². The van der Waals surface area contributed by atoms with Crippen LogP contribution in [-0.2, 0) is 26.2 Å². The van der Waals surface area contributed by atoms with Crippen LogP contribution in [0.5, 0.6) is 0 Å². The summed E-state index contributed by atoms with van der Waals surface area (Å²) in [6, 6.07) is 19.0. The Bertz CT molecular complexity index is 1480. The van der Waals surface area contributed by atoms with E-state index in [0.717, 1.165) is 40.0 Å². The van der Waals surface area contributed by atoms with Crippen LogP contribution in [0.25, 0.3) is 0 Å². The van der Waals surface area contributed by atoms with Crippen LogP contribution in [0.2, 0.25) is 0 Å². The lowest BCUT2D eigenvalue weighted by Crippen LogP contribution is -2.52. The maximum absolute atomic E-state index is 14.0. The molecular weight excluding hydrogens is 612 g/mol. The third kappa shape index (κ3) is 7.50. The lowest BCUT2D eigenvalue weighted by molar-refractivity contribution is -0.384. The van der Waals surface area contributed by atoms with Gasteiger partial charge in [0.2, 0.25) is 11.8 Å². The molecule has 0 spiro atoms. The zero-order valence-electron chi connectivity index (χ0n) is 22.5.